The van der Waals surface area contributed by atoms with Gasteiger partial charge in [-0.2, -0.15) is 0 Å². The topological polar surface area (TPSA) is 206 Å². The minimum absolute atomic E-state index is 0.105. The van der Waals surface area contributed by atoms with Crippen LogP contribution in [0.1, 0.15) is 24.1 Å². The zero-order valence-corrected chi connectivity index (χ0v) is 20.5. The maximum atomic E-state index is 13.0. The Morgan fingerprint density at radius 2 is 1.73 bits per heavy atom. The molecule has 1 atom stereocenters. The zero-order valence-electron chi connectivity index (χ0n) is 20.5. The Bertz CT molecular complexity index is 1470. The van der Waals surface area contributed by atoms with Crippen LogP contribution in [0.3, 0.4) is 0 Å². The molecule has 206 valence electrons. The number of non-ortho nitro benzene ring substituents is 1. The molecule has 0 saturated carbocycles. The average Bonchev–Trinajstić information content (AvgIpc) is 3.53. The SMILES string of the molecule is O=C(N[C@@H](Cc1cncn1-c1ccc([N+](=O)[O-])cc1[N+](=O)[O-])C(=O)ON1C(=O)CCC1=O)OCc1ccccc1. The van der Waals surface area contributed by atoms with Gasteiger partial charge in [0, 0.05) is 37.2 Å². The molecule has 3 aromatic rings. The van der Waals surface area contributed by atoms with Crippen LogP contribution in [0.25, 0.3) is 5.69 Å². The van der Waals surface area contributed by atoms with Crippen LogP contribution in [0, 0.1) is 20.2 Å². The highest BCUT2D eigenvalue weighted by molar-refractivity contribution is 6.01. The van der Waals surface area contributed by atoms with Gasteiger partial charge in [0.1, 0.15) is 18.3 Å². The largest absolute Gasteiger partial charge is 0.445 e. The summed E-state index contributed by atoms with van der Waals surface area (Å²) in [5.74, 6) is -2.67. The van der Waals surface area contributed by atoms with Crippen molar-refractivity contribution in [2.75, 3.05) is 0 Å². The Kier molecular flexibility index (Phi) is 8.07. The lowest BCUT2D eigenvalue weighted by molar-refractivity contribution is -0.394. The number of imide groups is 1. The fourth-order valence-corrected chi connectivity index (χ4v) is 3.79. The Balaban J connectivity index is 1.60. The molecule has 1 aromatic heterocycles. The van der Waals surface area contributed by atoms with Gasteiger partial charge in [0.25, 0.3) is 23.2 Å². The third-order valence-corrected chi connectivity index (χ3v) is 5.73. The van der Waals surface area contributed by atoms with Crippen LogP contribution in [-0.2, 0) is 37.0 Å². The molecule has 1 N–H and O–H groups in total. The first-order valence-electron chi connectivity index (χ1n) is 11.6. The summed E-state index contributed by atoms with van der Waals surface area (Å²) in [5, 5.41) is 25.4. The van der Waals surface area contributed by atoms with E-state index in [1.54, 1.807) is 30.3 Å². The molecule has 16 heteroatoms. The number of hydrogen-bond acceptors (Lipinski definition) is 11. The number of ether oxygens (including phenoxy) is 1. The van der Waals surface area contributed by atoms with Crippen LogP contribution in [0.4, 0.5) is 16.2 Å². The lowest BCUT2D eigenvalue weighted by Gasteiger charge is -2.20. The predicted molar refractivity (Wildman–Crippen MR) is 131 cm³/mol. The number of carbonyl (C=O) groups excluding carboxylic acids is 4. The van der Waals surface area contributed by atoms with Gasteiger partial charge in [-0.1, -0.05) is 30.3 Å². The molecule has 0 spiro atoms. The minimum atomic E-state index is -1.54. The van der Waals surface area contributed by atoms with Gasteiger partial charge in [0.05, 0.1) is 22.2 Å². The van der Waals surface area contributed by atoms with E-state index in [4.69, 9.17) is 9.57 Å². The Morgan fingerprint density at radius 1 is 1.02 bits per heavy atom. The summed E-state index contributed by atoms with van der Waals surface area (Å²) >= 11 is 0. The molecular weight excluding hydrogens is 532 g/mol. The number of benzene rings is 2. The molecular formula is C24H20N6O10. The number of hydroxylamine groups is 2. The maximum Gasteiger partial charge on any atom is 0.408 e. The van der Waals surface area contributed by atoms with Gasteiger partial charge >= 0.3 is 12.1 Å². The molecule has 2 aromatic carbocycles. The van der Waals surface area contributed by atoms with E-state index in [0.29, 0.717) is 10.6 Å². The molecule has 1 aliphatic rings. The number of hydrogen-bond donors (Lipinski definition) is 1. The van der Waals surface area contributed by atoms with Gasteiger partial charge in [-0.15, -0.1) is 5.06 Å². The van der Waals surface area contributed by atoms with E-state index in [-0.39, 0.29) is 37.3 Å². The monoisotopic (exact) mass is 552 g/mol. The van der Waals surface area contributed by atoms with E-state index in [0.717, 1.165) is 18.2 Å². The normalized spacial score (nSPS) is 13.6. The van der Waals surface area contributed by atoms with E-state index in [2.05, 4.69) is 10.3 Å². The number of alkyl carbamates (subject to hydrolysis) is 1. The molecule has 0 unspecified atom stereocenters. The van der Waals surface area contributed by atoms with Crippen molar-refractivity contribution in [3.8, 4) is 5.69 Å². The van der Waals surface area contributed by atoms with E-state index < -0.39 is 51.1 Å². The van der Waals surface area contributed by atoms with Crippen molar-refractivity contribution in [3.05, 3.63) is 92.5 Å². The number of nitrogens with one attached hydrogen (secondary N) is 1. The Hall–Kier alpha value is -5.67. The lowest BCUT2D eigenvalue weighted by Crippen LogP contribution is -2.47. The first-order valence-corrected chi connectivity index (χ1v) is 11.6. The van der Waals surface area contributed by atoms with Crippen LogP contribution in [-0.4, -0.2) is 54.4 Å². The van der Waals surface area contributed by atoms with Crippen LogP contribution in [0.15, 0.2) is 61.1 Å². The smallest absolute Gasteiger partial charge is 0.408 e. The highest BCUT2D eigenvalue weighted by atomic mass is 16.7. The summed E-state index contributed by atoms with van der Waals surface area (Å²) in [5.41, 5.74) is -0.431. The van der Waals surface area contributed by atoms with Crippen LogP contribution >= 0.6 is 0 Å². The van der Waals surface area contributed by atoms with Gasteiger partial charge in [-0.3, -0.25) is 34.4 Å². The highest BCUT2D eigenvalue weighted by Gasteiger charge is 2.36. The van der Waals surface area contributed by atoms with Crippen molar-refractivity contribution in [2.24, 2.45) is 0 Å². The maximum absolute atomic E-state index is 13.0. The van der Waals surface area contributed by atoms with Crippen LogP contribution in [0.5, 0.6) is 0 Å². The number of aromatic nitrogens is 2. The number of amides is 3. The van der Waals surface area contributed by atoms with Crippen molar-refractivity contribution in [1.29, 1.82) is 0 Å². The van der Waals surface area contributed by atoms with Crippen LogP contribution in [0.2, 0.25) is 0 Å². The standard InChI is InChI=1S/C24H20N6O10/c31-21-8-9-22(32)28(21)40-23(33)18(26-24(34)39-13-15-4-2-1-3-5-15)10-17-12-25-14-27(17)19-7-6-16(29(35)36)11-20(19)30(37)38/h1-7,11-12,14,18H,8-10,13H2,(H,26,34)/t18-/m0/s1. The predicted octanol–water partition coefficient (Wildman–Crippen LogP) is 2.13. The summed E-state index contributed by atoms with van der Waals surface area (Å²) in [6, 6.07) is 10.1. The first kappa shape index (κ1) is 27.4. The number of nitro groups is 2. The van der Waals surface area contributed by atoms with E-state index in [9.17, 15) is 39.4 Å². The van der Waals surface area contributed by atoms with Crippen molar-refractivity contribution in [3.63, 3.8) is 0 Å². The number of rotatable bonds is 10. The van der Waals surface area contributed by atoms with Gasteiger partial charge in [0.2, 0.25) is 0 Å². The van der Waals surface area contributed by atoms with Crippen molar-refractivity contribution in [1.82, 2.24) is 19.9 Å². The average molecular weight is 552 g/mol. The number of imidazole rings is 1. The molecule has 1 saturated heterocycles. The highest BCUT2D eigenvalue weighted by Crippen LogP contribution is 2.29. The molecule has 1 fully saturated rings. The van der Waals surface area contributed by atoms with Gasteiger partial charge in [0.15, 0.2) is 0 Å². The molecule has 3 amide bonds. The fourth-order valence-electron chi connectivity index (χ4n) is 3.79. The third-order valence-electron chi connectivity index (χ3n) is 5.73. The molecule has 4 rings (SSSR count). The molecule has 0 aliphatic carbocycles. The minimum Gasteiger partial charge on any atom is -0.445 e. The zero-order chi connectivity index (χ0) is 28.8. The second-order valence-corrected chi connectivity index (χ2v) is 8.40. The fraction of sp³-hybridized carbons (Fsp3) is 0.208. The molecule has 16 nitrogen and oxygen atoms in total. The second-order valence-electron chi connectivity index (χ2n) is 8.40. The number of carbonyl (C=O) groups is 4. The Morgan fingerprint density at radius 3 is 2.38 bits per heavy atom. The second kappa shape index (κ2) is 11.8. The summed E-state index contributed by atoms with van der Waals surface area (Å²) in [6.07, 6.45) is 0.697. The summed E-state index contributed by atoms with van der Waals surface area (Å²) in [6.45, 7) is -0.134. The number of nitrogens with zero attached hydrogens (tertiary/aromatic N) is 5. The summed E-state index contributed by atoms with van der Waals surface area (Å²) in [7, 11) is 0. The van der Waals surface area contributed by atoms with E-state index in [1.165, 1.54) is 17.1 Å². The van der Waals surface area contributed by atoms with Crippen molar-refractivity contribution < 1.29 is 38.6 Å². The van der Waals surface area contributed by atoms with Gasteiger partial charge in [-0.05, 0) is 11.6 Å². The van der Waals surface area contributed by atoms with E-state index >= 15 is 0 Å². The Labute approximate surface area is 224 Å². The third kappa shape index (κ3) is 6.24. The summed E-state index contributed by atoms with van der Waals surface area (Å²) < 4.78 is 6.36. The van der Waals surface area contributed by atoms with Crippen molar-refractivity contribution >= 4 is 35.3 Å². The quantitative estimate of drug-likeness (QED) is 0.219. The van der Waals surface area contributed by atoms with Gasteiger partial charge < -0.3 is 14.9 Å². The van der Waals surface area contributed by atoms with Crippen molar-refractivity contribution in [2.45, 2.75) is 31.9 Å². The molecule has 40 heavy (non-hydrogen) atoms. The van der Waals surface area contributed by atoms with Gasteiger partial charge in [-0.25, -0.2) is 14.6 Å². The number of nitro benzene ring substituents is 2. The lowest BCUT2D eigenvalue weighted by atomic mass is 10.1. The van der Waals surface area contributed by atoms with E-state index in [1.807, 2.05) is 0 Å². The molecule has 2 heterocycles. The summed E-state index contributed by atoms with van der Waals surface area (Å²) in [4.78, 5) is 79.5. The molecule has 0 radical (unpaired) electrons. The first-order chi connectivity index (χ1) is 19.1. The molecule has 1 aliphatic heterocycles. The molecule has 0 bridgehead atoms. The van der Waals surface area contributed by atoms with Crippen LogP contribution < -0.4 is 5.32 Å².